The van der Waals surface area contributed by atoms with E-state index >= 15 is 0 Å². The SMILES string of the molecule is Cc1nc(NCCc2cccc(Cl)c2)cc(C(=O)N2CCCC2)n1. The first-order valence-corrected chi connectivity index (χ1v) is 8.63. The molecule has 126 valence electrons. The number of aryl methyl sites for hydroxylation is 1. The van der Waals surface area contributed by atoms with Gasteiger partial charge in [0.15, 0.2) is 0 Å². The van der Waals surface area contributed by atoms with Gasteiger partial charge in [0.25, 0.3) is 5.91 Å². The molecule has 2 heterocycles. The summed E-state index contributed by atoms with van der Waals surface area (Å²) in [5, 5.41) is 4.01. The van der Waals surface area contributed by atoms with Crippen LogP contribution in [0.5, 0.6) is 0 Å². The van der Waals surface area contributed by atoms with E-state index in [4.69, 9.17) is 11.6 Å². The summed E-state index contributed by atoms with van der Waals surface area (Å²) in [6.07, 6.45) is 2.97. The first kappa shape index (κ1) is 16.7. The van der Waals surface area contributed by atoms with Gasteiger partial charge in [0.05, 0.1) is 0 Å². The highest BCUT2D eigenvalue weighted by atomic mass is 35.5. The van der Waals surface area contributed by atoms with Crippen LogP contribution in [-0.4, -0.2) is 40.4 Å². The zero-order valence-electron chi connectivity index (χ0n) is 13.8. The molecule has 5 nitrogen and oxygen atoms in total. The van der Waals surface area contributed by atoms with Crippen molar-refractivity contribution in [2.45, 2.75) is 26.2 Å². The number of anilines is 1. The van der Waals surface area contributed by atoms with E-state index in [1.165, 1.54) is 0 Å². The quantitative estimate of drug-likeness (QED) is 0.903. The molecule has 6 heteroatoms. The number of aromatic nitrogens is 2. The van der Waals surface area contributed by atoms with Gasteiger partial charge in [-0.2, -0.15) is 0 Å². The van der Waals surface area contributed by atoms with Crippen LogP contribution >= 0.6 is 11.6 Å². The number of amides is 1. The lowest BCUT2D eigenvalue weighted by Crippen LogP contribution is -2.28. The second kappa shape index (κ2) is 7.62. The Morgan fingerprint density at radius 3 is 2.79 bits per heavy atom. The van der Waals surface area contributed by atoms with Gasteiger partial charge in [-0.1, -0.05) is 23.7 Å². The number of hydrogen-bond acceptors (Lipinski definition) is 4. The Bertz CT molecular complexity index is 729. The van der Waals surface area contributed by atoms with Crippen LogP contribution in [-0.2, 0) is 6.42 Å². The van der Waals surface area contributed by atoms with E-state index in [1.54, 1.807) is 6.07 Å². The molecule has 0 unspecified atom stereocenters. The fraction of sp³-hybridized carbons (Fsp3) is 0.389. The molecule has 0 bridgehead atoms. The summed E-state index contributed by atoms with van der Waals surface area (Å²) < 4.78 is 0. The summed E-state index contributed by atoms with van der Waals surface area (Å²) in [5.41, 5.74) is 1.63. The van der Waals surface area contributed by atoms with Gasteiger partial charge in [-0.3, -0.25) is 4.79 Å². The van der Waals surface area contributed by atoms with Gasteiger partial charge in [0.2, 0.25) is 0 Å². The zero-order chi connectivity index (χ0) is 16.9. The number of rotatable bonds is 5. The van der Waals surface area contributed by atoms with Gasteiger partial charge in [0.1, 0.15) is 17.3 Å². The molecule has 0 radical (unpaired) electrons. The number of benzene rings is 1. The van der Waals surface area contributed by atoms with E-state index in [-0.39, 0.29) is 5.91 Å². The van der Waals surface area contributed by atoms with Crippen LogP contribution in [0.4, 0.5) is 5.82 Å². The molecule has 0 saturated carbocycles. The Labute approximate surface area is 147 Å². The molecule has 24 heavy (non-hydrogen) atoms. The van der Waals surface area contributed by atoms with Crippen LogP contribution in [0.15, 0.2) is 30.3 Å². The molecule has 1 saturated heterocycles. The Hall–Kier alpha value is -2.14. The number of carbonyl (C=O) groups is 1. The van der Waals surface area contributed by atoms with Gasteiger partial charge in [0, 0.05) is 30.7 Å². The molecule has 0 spiro atoms. The molecule has 1 aromatic carbocycles. The largest absolute Gasteiger partial charge is 0.370 e. The molecule has 1 amide bonds. The highest BCUT2D eigenvalue weighted by Crippen LogP contribution is 2.15. The molecule has 1 fully saturated rings. The highest BCUT2D eigenvalue weighted by molar-refractivity contribution is 6.30. The normalized spacial score (nSPS) is 14.0. The van der Waals surface area contributed by atoms with Crippen molar-refractivity contribution in [1.82, 2.24) is 14.9 Å². The van der Waals surface area contributed by atoms with Crippen molar-refractivity contribution >= 4 is 23.3 Å². The predicted octanol–water partition coefficient (Wildman–Crippen LogP) is 3.33. The summed E-state index contributed by atoms with van der Waals surface area (Å²) in [7, 11) is 0. The van der Waals surface area contributed by atoms with E-state index in [9.17, 15) is 4.79 Å². The minimum absolute atomic E-state index is 0.00380. The molecule has 3 rings (SSSR count). The van der Waals surface area contributed by atoms with Gasteiger partial charge < -0.3 is 10.2 Å². The minimum atomic E-state index is -0.00380. The lowest BCUT2D eigenvalue weighted by atomic mass is 10.1. The zero-order valence-corrected chi connectivity index (χ0v) is 14.5. The summed E-state index contributed by atoms with van der Waals surface area (Å²) in [6.45, 7) is 4.16. The molecule has 2 aromatic rings. The molecule has 0 aliphatic carbocycles. The average Bonchev–Trinajstić information content (AvgIpc) is 3.08. The highest BCUT2D eigenvalue weighted by Gasteiger charge is 2.21. The van der Waals surface area contributed by atoms with Crippen LogP contribution < -0.4 is 5.32 Å². The van der Waals surface area contributed by atoms with Crippen LogP contribution in [0.1, 0.15) is 34.7 Å². The molecule has 1 aromatic heterocycles. The molecule has 0 atom stereocenters. The van der Waals surface area contributed by atoms with E-state index < -0.39 is 0 Å². The van der Waals surface area contributed by atoms with E-state index in [2.05, 4.69) is 15.3 Å². The standard InChI is InChI=1S/C18H21ClN4O/c1-13-21-16(18(24)23-9-2-3-10-23)12-17(22-13)20-8-7-14-5-4-6-15(19)11-14/h4-6,11-12H,2-3,7-10H2,1H3,(H,20,21,22). The maximum Gasteiger partial charge on any atom is 0.272 e. The second-order valence-corrected chi connectivity index (χ2v) is 6.43. The Balaban J connectivity index is 1.64. The first-order valence-electron chi connectivity index (χ1n) is 8.25. The van der Waals surface area contributed by atoms with E-state index in [0.717, 1.165) is 42.9 Å². The number of hydrogen-bond donors (Lipinski definition) is 1. The van der Waals surface area contributed by atoms with Gasteiger partial charge in [-0.05, 0) is 43.9 Å². The van der Waals surface area contributed by atoms with Crippen molar-refractivity contribution in [1.29, 1.82) is 0 Å². The van der Waals surface area contributed by atoms with Crippen molar-refractivity contribution in [3.05, 3.63) is 52.4 Å². The van der Waals surface area contributed by atoms with Crippen LogP contribution in [0.3, 0.4) is 0 Å². The van der Waals surface area contributed by atoms with Crippen LogP contribution in [0.2, 0.25) is 5.02 Å². The lowest BCUT2D eigenvalue weighted by Gasteiger charge is -2.15. The van der Waals surface area contributed by atoms with Crippen LogP contribution in [0, 0.1) is 6.92 Å². The van der Waals surface area contributed by atoms with Crippen molar-refractivity contribution in [2.75, 3.05) is 25.0 Å². The third-order valence-corrected chi connectivity index (χ3v) is 4.29. The van der Waals surface area contributed by atoms with E-state index in [1.807, 2.05) is 36.1 Å². The lowest BCUT2D eigenvalue weighted by molar-refractivity contribution is 0.0786. The van der Waals surface area contributed by atoms with Gasteiger partial charge in [-0.25, -0.2) is 9.97 Å². The minimum Gasteiger partial charge on any atom is -0.370 e. The third-order valence-electron chi connectivity index (χ3n) is 4.06. The Morgan fingerprint density at radius 1 is 1.25 bits per heavy atom. The fourth-order valence-electron chi connectivity index (χ4n) is 2.88. The van der Waals surface area contributed by atoms with Crippen molar-refractivity contribution in [3.63, 3.8) is 0 Å². The predicted molar refractivity (Wildman–Crippen MR) is 95.6 cm³/mol. The summed E-state index contributed by atoms with van der Waals surface area (Å²) in [5.74, 6) is 1.29. The van der Waals surface area contributed by atoms with Crippen molar-refractivity contribution in [2.24, 2.45) is 0 Å². The number of likely N-dealkylation sites (tertiary alicyclic amines) is 1. The number of nitrogens with zero attached hydrogens (tertiary/aromatic N) is 3. The van der Waals surface area contributed by atoms with Crippen LogP contribution in [0.25, 0.3) is 0 Å². The fourth-order valence-corrected chi connectivity index (χ4v) is 3.09. The summed E-state index contributed by atoms with van der Waals surface area (Å²) in [4.78, 5) is 23.0. The van der Waals surface area contributed by atoms with Crippen molar-refractivity contribution < 1.29 is 4.79 Å². The molecular weight excluding hydrogens is 324 g/mol. The number of nitrogens with one attached hydrogen (secondary N) is 1. The summed E-state index contributed by atoms with van der Waals surface area (Å²) in [6, 6.07) is 9.55. The Morgan fingerprint density at radius 2 is 2.04 bits per heavy atom. The Kier molecular flexibility index (Phi) is 5.30. The maximum absolute atomic E-state index is 12.5. The van der Waals surface area contributed by atoms with Gasteiger partial charge >= 0.3 is 0 Å². The second-order valence-electron chi connectivity index (χ2n) is 5.99. The molecular formula is C18H21ClN4O. The maximum atomic E-state index is 12.5. The topological polar surface area (TPSA) is 58.1 Å². The molecule has 1 N–H and O–H groups in total. The molecule has 1 aliphatic rings. The first-order chi connectivity index (χ1) is 11.6. The smallest absolute Gasteiger partial charge is 0.272 e. The number of halogens is 1. The monoisotopic (exact) mass is 344 g/mol. The van der Waals surface area contributed by atoms with E-state index in [0.29, 0.717) is 23.9 Å². The third kappa shape index (κ3) is 4.23. The van der Waals surface area contributed by atoms with Gasteiger partial charge in [-0.15, -0.1) is 0 Å². The average molecular weight is 345 g/mol. The molecule has 1 aliphatic heterocycles. The summed E-state index contributed by atoms with van der Waals surface area (Å²) >= 11 is 6.00. The van der Waals surface area contributed by atoms with Crippen molar-refractivity contribution in [3.8, 4) is 0 Å². The number of carbonyl (C=O) groups excluding carboxylic acids is 1.